The quantitative estimate of drug-likeness (QED) is 0.719. The molecule has 0 amide bonds. The SMILES string of the molecule is CCc1cc(CC)c2scc(S)c2c1. The van der Waals surface area contributed by atoms with Gasteiger partial charge < -0.3 is 0 Å². The van der Waals surface area contributed by atoms with Crippen LogP contribution in [0.1, 0.15) is 25.0 Å². The first-order chi connectivity index (χ1) is 6.76. The Labute approximate surface area is 94.4 Å². The molecule has 0 aliphatic rings. The highest BCUT2D eigenvalue weighted by Crippen LogP contribution is 2.32. The third kappa shape index (κ3) is 1.57. The van der Waals surface area contributed by atoms with E-state index >= 15 is 0 Å². The van der Waals surface area contributed by atoms with Gasteiger partial charge in [-0.25, -0.2) is 0 Å². The highest BCUT2D eigenvalue weighted by molar-refractivity contribution is 7.80. The Morgan fingerprint density at radius 3 is 2.64 bits per heavy atom. The third-order valence-electron chi connectivity index (χ3n) is 2.58. The maximum atomic E-state index is 4.48. The van der Waals surface area contributed by atoms with E-state index in [0.29, 0.717) is 0 Å². The summed E-state index contributed by atoms with van der Waals surface area (Å²) in [5.74, 6) is 0. The molecule has 0 aliphatic carbocycles. The zero-order chi connectivity index (χ0) is 10.1. The standard InChI is InChI=1S/C12H14S2/c1-3-8-5-9(4-2)12-10(6-8)11(13)7-14-12/h5-7,13H,3-4H2,1-2H3. The predicted molar refractivity (Wildman–Crippen MR) is 67.8 cm³/mol. The monoisotopic (exact) mass is 222 g/mol. The van der Waals surface area contributed by atoms with E-state index < -0.39 is 0 Å². The van der Waals surface area contributed by atoms with Crippen LogP contribution in [0.3, 0.4) is 0 Å². The summed E-state index contributed by atoms with van der Waals surface area (Å²) in [7, 11) is 0. The van der Waals surface area contributed by atoms with Gasteiger partial charge in [0.1, 0.15) is 0 Å². The molecule has 0 saturated carbocycles. The van der Waals surface area contributed by atoms with Crippen molar-refractivity contribution in [2.45, 2.75) is 31.6 Å². The topological polar surface area (TPSA) is 0 Å². The smallest absolute Gasteiger partial charge is 0.0386 e. The van der Waals surface area contributed by atoms with E-state index in [2.05, 4.69) is 44.0 Å². The van der Waals surface area contributed by atoms with Crippen LogP contribution in [-0.2, 0) is 12.8 Å². The second-order valence-corrected chi connectivity index (χ2v) is 4.82. The summed E-state index contributed by atoms with van der Waals surface area (Å²) in [5.41, 5.74) is 2.88. The molecule has 14 heavy (non-hydrogen) atoms. The van der Waals surface area contributed by atoms with Gasteiger partial charge in [-0.05, 0) is 30.0 Å². The van der Waals surface area contributed by atoms with Crippen LogP contribution in [0, 0.1) is 0 Å². The van der Waals surface area contributed by atoms with Gasteiger partial charge in [-0.1, -0.05) is 19.9 Å². The number of rotatable bonds is 2. The number of thiol groups is 1. The second kappa shape index (κ2) is 3.95. The average molecular weight is 222 g/mol. The Bertz CT molecular complexity index is 455. The molecule has 0 aliphatic heterocycles. The predicted octanol–water partition coefficient (Wildman–Crippen LogP) is 4.31. The van der Waals surface area contributed by atoms with Crippen molar-refractivity contribution in [3.05, 3.63) is 28.6 Å². The minimum atomic E-state index is 1.10. The molecule has 1 heterocycles. The maximum absolute atomic E-state index is 4.48. The first-order valence-electron chi connectivity index (χ1n) is 4.98. The zero-order valence-corrected chi connectivity index (χ0v) is 10.2. The van der Waals surface area contributed by atoms with Crippen LogP contribution in [0.2, 0.25) is 0 Å². The van der Waals surface area contributed by atoms with Crippen LogP contribution in [0.25, 0.3) is 10.1 Å². The van der Waals surface area contributed by atoms with Gasteiger partial charge in [-0.3, -0.25) is 0 Å². The molecule has 0 atom stereocenters. The van der Waals surface area contributed by atoms with Crippen molar-refractivity contribution in [1.82, 2.24) is 0 Å². The Morgan fingerprint density at radius 2 is 2.00 bits per heavy atom. The molecule has 0 fully saturated rings. The summed E-state index contributed by atoms with van der Waals surface area (Å²) in [6.07, 6.45) is 2.21. The van der Waals surface area contributed by atoms with Crippen molar-refractivity contribution in [3.63, 3.8) is 0 Å². The first kappa shape index (κ1) is 10.1. The van der Waals surface area contributed by atoms with Gasteiger partial charge in [0.25, 0.3) is 0 Å². The van der Waals surface area contributed by atoms with Gasteiger partial charge >= 0.3 is 0 Å². The molecule has 2 heteroatoms. The molecular weight excluding hydrogens is 208 g/mol. The lowest BCUT2D eigenvalue weighted by Gasteiger charge is -2.04. The highest BCUT2D eigenvalue weighted by atomic mass is 32.1. The van der Waals surface area contributed by atoms with Gasteiger partial charge in [0.15, 0.2) is 0 Å². The van der Waals surface area contributed by atoms with Crippen LogP contribution in [0.5, 0.6) is 0 Å². The number of hydrogen-bond acceptors (Lipinski definition) is 2. The van der Waals surface area contributed by atoms with E-state index in [4.69, 9.17) is 0 Å². The molecular formula is C12H14S2. The van der Waals surface area contributed by atoms with Crippen LogP contribution >= 0.6 is 24.0 Å². The van der Waals surface area contributed by atoms with Gasteiger partial charge in [-0.15, -0.1) is 24.0 Å². The molecule has 2 rings (SSSR count). The number of thiophene rings is 1. The average Bonchev–Trinajstić information content (AvgIpc) is 2.59. The van der Waals surface area contributed by atoms with Crippen molar-refractivity contribution in [2.75, 3.05) is 0 Å². The summed E-state index contributed by atoms with van der Waals surface area (Å²) in [5, 5.41) is 3.46. The molecule has 0 unspecified atom stereocenters. The largest absolute Gasteiger partial charge is 0.142 e. The second-order valence-electron chi connectivity index (χ2n) is 3.46. The molecule has 2 aromatic rings. The minimum Gasteiger partial charge on any atom is -0.142 e. The number of hydrogen-bond donors (Lipinski definition) is 1. The Morgan fingerprint density at radius 1 is 1.21 bits per heavy atom. The summed E-state index contributed by atoms with van der Waals surface area (Å²) in [4.78, 5) is 1.12. The van der Waals surface area contributed by atoms with Crippen LogP contribution in [0.4, 0.5) is 0 Å². The van der Waals surface area contributed by atoms with E-state index in [1.54, 1.807) is 0 Å². The molecule has 74 valence electrons. The van der Waals surface area contributed by atoms with E-state index in [1.807, 2.05) is 11.3 Å². The fraction of sp³-hybridized carbons (Fsp3) is 0.333. The summed E-state index contributed by atoms with van der Waals surface area (Å²) < 4.78 is 1.41. The van der Waals surface area contributed by atoms with Gasteiger partial charge in [0, 0.05) is 20.4 Å². The lowest BCUT2D eigenvalue weighted by Crippen LogP contribution is -1.86. The fourth-order valence-electron chi connectivity index (χ4n) is 1.73. The number of aryl methyl sites for hydroxylation is 2. The molecule has 0 saturated heterocycles. The van der Waals surface area contributed by atoms with Crippen molar-refractivity contribution in [1.29, 1.82) is 0 Å². The van der Waals surface area contributed by atoms with E-state index in [9.17, 15) is 0 Å². The number of fused-ring (bicyclic) bond motifs is 1. The minimum absolute atomic E-state index is 1.10. The molecule has 0 nitrogen and oxygen atoms in total. The summed E-state index contributed by atoms with van der Waals surface area (Å²) >= 11 is 6.29. The van der Waals surface area contributed by atoms with Crippen molar-refractivity contribution < 1.29 is 0 Å². The third-order valence-corrected chi connectivity index (χ3v) is 4.20. The van der Waals surface area contributed by atoms with Crippen LogP contribution in [-0.4, -0.2) is 0 Å². The molecule has 1 aromatic heterocycles. The zero-order valence-electron chi connectivity index (χ0n) is 8.50. The lowest BCUT2D eigenvalue weighted by molar-refractivity contribution is 1.10. The van der Waals surface area contributed by atoms with Gasteiger partial charge in [-0.2, -0.15) is 0 Å². The van der Waals surface area contributed by atoms with Crippen molar-refractivity contribution >= 4 is 34.1 Å². The van der Waals surface area contributed by atoms with Crippen LogP contribution in [0.15, 0.2) is 22.4 Å². The summed E-state index contributed by atoms with van der Waals surface area (Å²) in [6, 6.07) is 4.60. The molecule has 0 bridgehead atoms. The normalized spacial score (nSPS) is 11.1. The van der Waals surface area contributed by atoms with Crippen molar-refractivity contribution in [3.8, 4) is 0 Å². The molecule has 0 radical (unpaired) electrons. The van der Waals surface area contributed by atoms with E-state index in [1.165, 1.54) is 21.2 Å². The van der Waals surface area contributed by atoms with Gasteiger partial charge in [0.05, 0.1) is 0 Å². The van der Waals surface area contributed by atoms with Crippen LogP contribution < -0.4 is 0 Å². The Balaban J connectivity index is 2.76. The van der Waals surface area contributed by atoms with Gasteiger partial charge in [0.2, 0.25) is 0 Å². The molecule has 0 N–H and O–H groups in total. The number of benzene rings is 1. The Kier molecular flexibility index (Phi) is 2.84. The first-order valence-corrected chi connectivity index (χ1v) is 6.30. The van der Waals surface area contributed by atoms with E-state index in [-0.39, 0.29) is 0 Å². The maximum Gasteiger partial charge on any atom is 0.0386 e. The lowest BCUT2D eigenvalue weighted by atomic mass is 10.0. The molecule has 1 aromatic carbocycles. The highest BCUT2D eigenvalue weighted by Gasteiger charge is 2.06. The fourth-order valence-corrected chi connectivity index (χ4v) is 3.15. The molecule has 0 spiro atoms. The van der Waals surface area contributed by atoms with E-state index in [0.717, 1.165) is 17.7 Å². The van der Waals surface area contributed by atoms with Crippen molar-refractivity contribution in [2.24, 2.45) is 0 Å². The summed E-state index contributed by atoms with van der Waals surface area (Å²) in [6.45, 7) is 4.41. The Hall–Kier alpha value is -0.470.